The second-order valence-electron chi connectivity index (χ2n) is 5.77. The second kappa shape index (κ2) is 6.35. The molecule has 114 valence electrons. The van der Waals surface area contributed by atoms with Crippen LogP contribution in [0.1, 0.15) is 18.4 Å². The van der Waals surface area contributed by atoms with E-state index in [1.165, 1.54) is 6.42 Å². The number of rotatable bonds is 4. The first-order valence-corrected chi connectivity index (χ1v) is 7.57. The fraction of sp³-hybridized carbons (Fsp3) is 0.562. The van der Waals surface area contributed by atoms with E-state index in [2.05, 4.69) is 5.32 Å². The molecule has 1 aromatic carbocycles. The summed E-state index contributed by atoms with van der Waals surface area (Å²) in [6, 6.07) is 5.74. The van der Waals surface area contributed by atoms with Crippen molar-refractivity contribution in [3.63, 3.8) is 0 Å². The van der Waals surface area contributed by atoms with Gasteiger partial charge in [0.1, 0.15) is 0 Å². The van der Waals surface area contributed by atoms with E-state index >= 15 is 0 Å². The van der Waals surface area contributed by atoms with Crippen LogP contribution in [0.3, 0.4) is 0 Å². The van der Waals surface area contributed by atoms with Gasteiger partial charge < -0.3 is 19.7 Å². The Labute approximate surface area is 125 Å². The highest BCUT2D eigenvalue weighted by Crippen LogP contribution is 2.32. The van der Waals surface area contributed by atoms with Gasteiger partial charge in [-0.3, -0.25) is 4.79 Å². The molecule has 0 bridgehead atoms. The number of piperidine rings is 1. The van der Waals surface area contributed by atoms with Crippen molar-refractivity contribution >= 4 is 5.91 Å². The summed E-state index contributed by atoms with van der Waals surface area (Å²) in [4.78, 5) is 14.4. The van der Waals surface area contributed by atoms with Crippen LogP contribution in [-0.2, 0) is 11.2 Å². The minimum Gasteiger partial charge on any atom is -0.454 e. The first-order chi connectivity index (χ1) is 10.3. The molecule has 0 saturated carbocycles. The number of amides is 1. The van der Waals surface area contributed by atoms with Crippen molar-refractivity contribution in [1.29, 1.82) is 0 Å². The van der Waals surface area contributed by atoms with E-state index in [1.54, 1.807) is 0 Å². The normalized spacial score (nSPS) is 20.6. The van der Waals surface area contributed by atoms with E-state index < -0.39 is 0 Å². The molecule has 1 amide bonds. The predicted octanol–water partition coefficient (Wildman–Crippen LogP) is 1.42. The molecule has 1 saturated heterocycles. The van der Waals surface area contributed by atoms with Gasteiger partial charge in [0.05, 0.1) is 6.42 Å². The molecule has 0 aromatic heterocycles. The number of hydrogen-bond donors (Lipinski definition) is 1. The summed E-state index contributed by atoms with van der Waals surface area (Å²) in [5.41, 5.74) is 0.986. The Morgan fingerprint density at radius 1 is 1.38 bits per heavy atom. The number of carbonyl (C=O) groups is 1. The fourth-order valence-electron chi connectivity index (χ4n) is 3.08. The van der Waals surface area contributed by atoms with E-state index in [9.17, 15) is 4.79 Å². The van der Waals surface area contributed by atoms with Crippen LogP contribution in [0.2, 0.25) is 0 Å². The quantitative estimate of drug-likeness (QED) is 0.911. The lowest BCUT2D eigenvalue weighted by Crippen LogP contribution is -2.43. The highest BCUT2D eigenvalue weighted by atomic mass is 16.7. The van der Waals surface area contributed by atoms with Gasteiger partial charge in [-0.05, 0) is 50.0 Å². The van der Waals surface area contributed by atoms with Gasteiger partial charge >= 0.3 is 0 Å². The maximum Gasteiger partial charge on any atom is 0.231 e. The molecule has 2 heterocycles. The van der Waals surface area contributed by atoms with Crippen LogP contribution in [0.4, 0.5) is 0 Å². The van der Waals surface area contributed by atoms with Crippen LogP contribution in [0.25, 0.3) is 0 Å². The molecule has 2 aliphatic heterocycles. The third-order valence-electron chi connectivity index (χ3n) is 4.16. The number of fused-ring (bicyclic) bond motifs is 1. The molecule has 5 heteroatoms. The van der Waals surface area contributed by atoms with Crippen molar-refractivity contribution in [2.75, 3.05) is 33.5 Å². The number of ether oxygens (including phenoxy) is 2. The molecule has 0 spiro atoms. The Hall–Kier alpha value is -1.75. The molecule has 21 heavy (non-hydrogen) atoms. The zero-order valence-corrected chi connectivity index (χ0v) is 12.4. The lowest BCUT2D eigenvalue weighted by Gasteiger charge is -2.32. The molecule has 5 nitrogen and oxygen atoms in total. The van der Waals surface area contributed by atoms with Gasteiger partial charge in [-0.1, -0.05) is 6.07 Å². The van der Waals surface area contributed by atoms with Gasteiger partial charge in [0.15, 0.2) is 11.5 Å². The average Bonchev–Trinajstić information content (AvgIpc) is 2.95. The second-order valence-corrected chi connectivity index (χ2v) is 5.77. The Morgan fingerprint density at radius 3 is 3.10 bits per heavy atom. The lowest BCUT2D eigenvalue weighted by molar-refractivity contribution is -0.132. The van der Waals surface area contributed by atoms with Gasteiger partial charge in [-0.2, -0.15) is 0 Å². The molecular formula is C16H22N2O3. The number of benzene rings is 1. The molecule has 1 N–H and O–H groups in total. The minimum absolute atomic E-state index is 0.203. The third kappa shape index (κ3) is 3.29. The van der Waals surface area contributed by atoms with Crippen molar-refractivity contribution in [2.24, 2.45) is 5.92 Å². The van der Waals surface area contributed by atoms with Crippen molar-refractivity contribution in [3.8, 4) is 11.5 Å². The van der Waals surface area contributed by atoms with E-state index in [0.717, 1.165) is 43.1 Å². The molecule has 0 aliphatic carbocycles. The predicted molar refractivity (Wildman–Crippen MR) is 79.5 cm³/mol. The SMILES string of the molecule is CNCC1CCCN(C(=O)Cc2ccc3c(c2)OCO3)C1. The third-order valence-corrected chi connectivity index (χ3v) is 4.16. The highest BCUT2D eigenvalue weighted by Gasteiger charge is 2.23. The van der Waals surface area contributed by atoms with Crippen molar-refractivity contribution in [1.82, 2.24) is 10.2 Å². The van der Waals surface area contributed by atoms with Gasteiger partial charge in [0.25, 0.3) is 0 Å². The van der Waals surface area contributed by atoms with Crippen LogP contribution >= 0.6 is 0 Å². The molecule has 3 rings (SSSR count). The summed E-state index contributed by atoms with van der Waals surface area (Å²) in [5, 5.41) is 3.21. The molecule has 1 atom stereocenters. The number of nitrogens with zero attached hydrogens (tertiary/aromatic N) is 1. The molecule has 0 radical (unpaired) electrons. The lowest BCUT2D eigenvalue weighted by atomic mass is 9.97. The minimum atomic E-state index is 0.203. The largest absolute Gasteiger partial charge is 0.454 e. The number of hydrogen-bond acceptors (Lipinski definition) is 4. The molecule has 1 unspecified atom stereocenters. The summed E-state index contributed by atoms with van der Waals surface area (Å²) in [7, 11) is 1.97. The summed E-state index contributed by atoms with van der Waals surface area (Å²) in [6.45, 7) is 2.99. The Balaban J connectivity index is 1.60. The van der Waals surface area contributed by atoms with E-state index in [4.69, 9.17) is 9.47 Å². The molecule has 1 aromatic rings. The van der Waals surface area contributed by atoms with Gasteiger partial charge in [-0.25, -0.2) is 0 Å². The Kier molecular flexibility index (Phi) is 4.29. The first kappa shape index (κ1) is 14.2. The smallest absolute Gasteiger partial charge is 0.231 e. The standard InChI is InChI=1S/C16H22N2O3/c1-17-9-13-3-2-6-18(10-13)16(19)8-12-4-5-14-15(7-12)21-11-20-14/h4-5,7,13,17H,2-3,6,8-11H2,1H3. The monoisotopic (exact) mass is 290 g/mol. The fourth-order valence-corrected chi connectivity index (χ4v) is 3.08. The van der Waals surface area contributed by atoms with Gasteiger partial charge in [-0.15, -0.1) is 0 Å². The van der Waals surface area contributed by atoms with Crippen LogP contribution in [-0.4, -0.2) is 44.3 Å². The number of carbonyl (C=O) groups excluding carboxylic acids is 1. The van der Waals surface area contributed by atoms with Crippen LogP contribution in [0, 0.1) is 5.92 Å². The zero-order valence-electron chi connectivity index (χ0n) is 12.4. The zero-order chi connectivity index (χ0) is 14.7. The van der Waals surface area contributed by atoms with Crippen LogP contribution < -0.4 is 14.8 Å². The van der Waals surface area contributed by atoms with Gasteiger partial charge in [0, 0.05) is 13.1 Å². The Morgan fingerprint density at radius 2 is 2.24 bits per heavy atom. The number of likely N-dealkylation sites (tertiary alicyclic amines) is 1. The van der Waals surface area contributed by atoms with E-state index in [1.807, 2.05) is 30.1 Å². The van der Waals surface area contributed by atoms with E-state index in [-0.39, 0.29) is 12.7 Å². The Bertz CT molecular complexity index is 516. The highest BCUT2D eigenvalue weighted by molar-refractivity contribution is 5.79. The van der Waals surface area contributed by atoms with Crippen molar-refractivity contribution in [3.05, 3.63) is 23.8 Å². The topological polar surface area (TPSA) is 50.8 Å². The maximum atomic E-state index is 12.5. The number of nitrogens with one attached hydrogen (secondary N) is 1. The van der Waals surface area contributed by atoms with Crippen LogP contribution in [0.5, 0.6) is 11.5 Å². The average molecular weight is 290 g/mol. The first-order valence-electron chi connectivity index (χ1n) is 7.57. The summed E-state index contributed by atoms with van der Waals surface area (Å²) >= 11 is 0. The van der Waals surface area contributed by atoms with Crippen molar-refractivity contribution < 1.29 is 14.3 Å². The van der Waals surface area contributed by atoms with Crippen LogP contribution in [0.15, 0.2) is 18.2 Å². The summed E-state index contributed by atoms with van der Waals surface area (Å²) in [5.74, 6) is 2.28. The molecule has 2 aliphatic rings. The molecular weight excluding hydrogens is 268 g/mol. The van der Waals surface area contributed by atoms with Crippen molar-refractivity contribution in [2.45, 2.75) is 19.3 Å². The van der Waals surface area contributed by atoms with E-state index in [0.29, 0.717) is 12.3 Å². The summed E-state index contributed by atoms with van der Waals surface area (Å²) in [6.07, 6.45) is 2.73. The maximum absolute atomic E-state index is 12.5. The summed E-state index contributed by atoms with van der Waals surface area (Å²) < 4.78 is 10.7. The molecule has 1 fully saturated rings. The van der Waals surface area contributed by atoms with Gasteiger partial charge in [0.2, 0.25) is 12.7 Å².